The summed E-state index contributed by atoms with van der Waals surface area (Å²) in [4.78, 5) is 27.1. The number of hydrogen-bond acceptors (Lipinski definition) is 6. The van der Waals surface area contributed by atoms with Crippen molar-refractivity contribution in [3.8, 4) is 0 Å². The van der Waals surface area contributed by atoms with Crippen molar-refractivity contribution in [1.29, 1.82) is 0 Å². The van der Waals surface area contributed by atoms with Gasteiger partial charge in [-0.05, 0) is 25.8 Å². The van der Waals surface area contributed by atoms with Crippen molar-refractivity contribution < 1.29 is 9.32 Å². The Morgan fingerprint density at radius 1 is 1.41 bits per heavy atom. The average molecular weight is 301 g/mol. The molecule has 1 aliphatic rings. The molecule has 2 aromatic heterocycles. The number of rotatable bonds is 3. The maximum atomic E-state index is 12.7. The molecule has 0 aliphatic carbocycles. The van der Waals surface area contributed by atoms with Crippen LogP contribution in [-0.4, -0.2) is 37.5 Å². The summed E-state index contributed by atoms with van der Waals surface area (Å²) in [6, 6.07) is 1.50. The fourth-order valence-electron chi connectivity index (χ4n) is 2.62. The molecule has 1 amide bonds. The summed E-state index contributed by atoms with van der Waals surface area (Å²) in [6.45, 7) is 6.45. The highest BCUT2D eigenvalue weighted by Gasteiger charge is 2.34. The van der Waals surface area contributed by atoms with E-state index in [0.29, 0.717) is 29.8 Å². The third kappa shape index (κ3) is 2.70. The highest BCUT2D eigenvalue weighted by Crippen LogP contribution is 2.31. The monoisotopic (exact) mass is 301 g/mol. The second-order valence-corrected chi connectivity index (χ2v) is 5.79. The van der Waals surface area contributed by atoms with Crippen molar-refractivity contribution in [2.75, 3.05) is 6.54 Å². The highest BCUT2D eigenvalue weighted by atomic mass is 16.5. The molecule has 1 atom stereocenters. The number of aromatic nitrogens is 4. The molecular formula is C15H19N5O2. The van der Waals surface area contributed by atoms with Crippen molar-refractivity contribution in [1.82, 2.24) is 25.0 Å². The fourth-order valence-corrected chi connectivity index (χ4v) is 2.62. The van der Waals surface area contributed by atoms with E-state index < -0.39 is 0 Å². The minimum atomic E-state index is -0.140. The summed E-state index contributed by atoms with van der Waals surface area (Å²) in [5.41, 5.74) is 0.409. The lowest BCUT2D eigenvalue weighted by molar-refractivity contribution is 0.0722. The molecule has 0 saturated carbocycles. The average Bonchev–Trinajstić information content (AvgIpc) is 3.15. The number of carbonyl (C=O) groups excluding carboxylic acids is 1. The molecule has 0 N–H and O–H groups in total. The van der Waals surface area contributed by atoms with Crippen molar-refractivity contribution in [3.63, 3.8) is 0 Å². The molecule has 7 heteroatoms. The predicted molar refractivity (Wildman–Crippen MR) is 78.2 cm³/mol. The number of carbonyl (C=O) groups is 1. The molecule has 22 heavy (non-hydrogen) atoms. The van der Waals surface area contributed by atoms with Gasteiger partial charge in [-0.2, -0.15) is 4.98 Å². The standard InChI is InChI=1S/C15H19N5O2/c1-9(2)14-18-13(19-22-14)12-5-4-8-20(12)15(21)11-6-7-16-10(3)17-11/h6-7,9,12H,4-5,8H2,1-3H3/t12-/m0/s1. The van der Waals surface area contributed by atoms with E-state index in [9.17, 15) is 4.79 Å². The lowest BCUT2D eigenvalue weighted by Gasteiger charge is -2.21. The van der Waals surface area contributed by atoms with Crippen molar-refractivity contribution in [2.45, 2.75) is 45.6 Å². The van der Waals surface area contributed by atoms with Gasteiger partial charge in [0, 0.05) is 18.7 Å². The smallest absolute Gasteiger partial charge is 0.273 e. The van der Waals surface area contributed by atoms with Crippen LogP contribution in [0.5, 0.6) is 0 Å². The van der Waals surface area contributed by atoms with E-state index in [0.717, 1.165) is 12.8 Å². The molecule has 0 aromatic carbocycles. The van der Waals surface area contributed by atoms with Gasteiger partial charge >= 0.3 is 0 Å². The molecule has 3 rings (SSSR count). The molecule has 1 aliphatic heterocycles. The molecule has 7 nitrogen and oxygen atoms in total. The van der Waals surface area contributed by atoms with E-state index in [1.807, 2.05) is 13.8 Å². The molecule has 0 unspecified atom stereocenters. The van der Waals surface area contributed by atoms with Gasteiger partial charge in [-0.1, -0.05) is 19.0 Å². The van der Waals surface area contributed by atoms with Crippen LogP contribution in [-0.2, 0) is 0 Å². The van der Waals surface area contributed by atoms with E-state index in [-0.39, 0.29) is 17.9 Å². The SMILES string of the molecule is Cc1nccc(C(=O)N2CCC[C@H]2c2noc(C(C)C)n2)n1. The first-order valence-corrected chi connectivity index (χ1v) is 7.50. The Kier molecular flexibility index (Phi) is 3.87. The Labute approximate surface area is 128 Å². The Morgan fingerprint density at radius 3 is 2.91 bits per heavy atom. The van der Waals surface area contributed by atoms with Gasteiger partial charge in [0.2, 0.25) is 5.89 Å². The predicted octanol–water partition coefficient (Wildman–Crippen LogP) is 2.27. The van der Waals surface area contributed by atoms with Crippen LogP contribution in [0.1, 0.15) is 66.7 Å². The van der Waals surface area contributed by atoms with Crippen LogP contribution in [0.2, 0.25) is 0 Å². The maximum absolute atomic E-state index is 12.7. The summed E-state index contributed by atoms with van der Waals surface area (Å²) in [6.07, 6.45) is 3.37. The van der Waals surface area contributed by atoms with Gasteiger partial charge in [-0.3, -0.25) is 4.79 Å². The fraction of sp³-hybridized carbons (Fsp3) is 0.533. The first kappa shape index (κ1) is 14.6. The third-order valence-electron chi connectivity index (χ3n) is 3.76. The molecule has 0 bridgehead atoms. The molecule has 0 radical (unpaired) electrons. The molecular weight excluding hydrogens is 282 g/mol. The number of likely N-dealkylation sites (tertiary alicyclic amines) is 1. The largest absolute Gasteiger partial charge is 0.339 e. The van der Waals surface area contributed by atoms with Gasteiger partial charge in [-0.25, -0.2) is 9.97 Å². The zero-order valence-corrected chi connectivity index (χ0v) is 13.0. The molecule has 0 spiro atoms. The molecule has 1 fully saturated rings. The third-order valence-corrected chi connectivity index (χ3v) is 3.76. The van der Waals surface area contributed by atoms with Gasteiger partial charge < -0.3 is 9.42 Å². The summed E-state index contributed by atoms with van der Waals surface area (Å²) in [5, 5.41) is 4.05. The van der Waals surface area contributed by atoms with Gasteiger partial charge in [0.25, 0.3) is 5.91 Å². The normalized spacial score (nSPS) is 18.2. The van der Waals surface area contributed by atoms with Crippen LogP contribution >= 0.6 is 0 Å². The van der Waals surface area contributed by atoms with E-state index in [1.165, 1.54) is 0 Å². The minimum Gasteiger partial charge on any atom is -0.339 e. The quantitative estimate of drug-likeness (QED) is 0.864. The number of hydrogen-bond donors (Lipinski definition) is 0. The lowest BCUT2D eigenvalue weighted by Crippen LogP contribution is -2.32. The van der Waals surface area contributed by atoms with E-state index in [4.69, 9.17) is 4.52 Å². The zero-order chi connectivity index (χ0) is 15.7. The lowest BCUT2D eigenvalue weighted by atomic mass is 10.2. The molecule has 116 valence electrons. The Hall–Kier alpha value is -2.31. The second kappa shape index (κ2) is 5.82. The molecule has 2 aromatic rings. The number of aryl methyl sites for hydroxylation is 1. The highest BCUT2D eigenvalue weighted by molar-refractivity contribution is 5.92. The van der Waals surface area contributed by atoms with E-state index >= 15 is 0 Å². The number of nitrogens with zero attached hydrogens (tertiary/aromatic N) is 5. The Balaban J connectivity index is 1.84. The minimum absolute atomic E-state index is 0.108. The van der Waals surface area contributed by atoms with Crippen LogP contribution in [0.4, 0.5) is 0 Å². The van der Waals surface area contributed by atoms with E-state index in [2.05, 4.69) is 20.1 Å². The van der Waals surface area contributed by atoms with Crippen LogP contribution < -0.4 is 0 Å². The first-order valence-electron chi connectivity index (χ1n) is 7.50. The van der Waals surface area contributed by atoms with Gasteiger partial charge in [0.05, 0.1) is 6.04 Å². The van der Waals surface area contributed by atoms with Crippen LogP contribution in [0, 0.1) is 6.92 Å². The van der Waals surface area contributed by atoms with Crippen LogP contribution in [0.15, 0.2) is 16.8 Å². The molecule has 3 heterocycles. The number of amides is 1. The summed E-state index contributed by atoms with van der Waals surface area (Å²) in [5.74, 6) is 1.84. The first-order chi connectivity index (χ1) is 10.6. The van der Waals surface area contributed by atoms with Crippen LogP contribution in [0.3, 0.4) is 0 Å². The topological polar surface area (TPSA) is 85.0 Å². The van der Waals surface area contributed by atoms with Crippen molar-refractivity contribution >= 4 is 5.91 Å². The summed E-state index contributed by atoms with van der Waals surface area (Å²) < 4.78 is 5.27. The summed E-state index contributed by atoms with van der Waals surface area (Å²) in [7, 11) is 0. The van der Waals surface area contributed by atoms with Gasteiger partial charge in [0.15, 0.2) is 5.82 Å². The van der Waals surface area contributed by atoms with Crippen LogP contribution in [0.25, 0.3) is 0 Å². The molecule has 1 saturated heterocycles. The van der Waals surface area contributed by atoms with Gasteiger partial charge in [0.1, 0.15) is 11.5 Å². The van der Waals surface area contributed by atoms with Crippen molar-refractivity contribution in [2.24, 2.45) is 0 Å². The van der Waals surface area contributed by atoms with E-state index in [1.54, 1.807) is 24.1 Å². The summed E-state index contributed by atoms with van der Waals surface area (Å²) >= 11 is 0. The Bertz CT molecular complexity index is 682. The Morgan fingerprint density at radius 2 is 2.23 bits per heavy atom. The zero-order valence-electron chi connectivity index (χ0n) is 13.0. The van der Waals surface area contributed by atoms with Gasteiger partial charge in [-0.15, -0.1) is 0 Å². The second-order valence-electron chi connectivity index (χ2n) is 5.79. The van der Waals surface area contributed by atoms with Crippen molar-refractivity contribution in [3.05, 3.63) is 35.5 Å². The maximum Gasteiger partial charge on any atom is 0.273 e.